The van der Waals surface area contributed by atoms with Crippen molar-refractivity contribution in [2.75, 3.05) is 11.9 Å². The number of anilines is 1. The molecule has 7 heteroatoms. The topological polar surface area (TPSA) is 79.1 Å². The first-order chi connectivity index (χ1) is 14.0. The Labute approximate surface area is 170 Å². The second-order valence-corrected chi connectivity index (χ2v) is 8.59. The standard InChI is InChI=1S/C22H26N6O/c1-22-8-7-15(24-22)11-17(13-22)27(2)21-6-5-19(25-26-21)18-4-3-16(12-20(18)29)28-10-9-23-14-28/h3-6,9-10,12,14-15,17,24,29H,7-8,11,13H2,1-2H3/t15?,17-,22+/m1/s1. The van der Waals surface area contributed by atoms with Crippen molar-refractivity contribution in [3.8, 4) is 22.7 Å². The average Bonchev–Trinajstić information content (AvgIpc) is 3.35. The summed E-state index contributed by atoms with van der Waals surface area (Å²) in [6, 6.07) is 10.5. The van der Waals surface area contributed by atoms with E-state index in [1.165, 1.54) is 12.8 Å². The van der Waals surface area contributed by atoms with Crippen LogP contribution in [-0.2, 0) is 0 Å². The number of benzene rings is 1. The zero-order valence-corrected chi connectivity index (χ0v) is 16.8. The number of rotatable bonds is 4. The molecule has 2 fully saturated rings. The van der Waals surface area contributed by atoms with E-state index in [0.717, 1.165) is 24.3 Å². The van der Waals surface area contributed by atoms with E-state index < -0.39 is 0 Å². The van der Waals surface area contributed by atoms with Gasteiger partial charge in [-0.1, -0.05) is 0 Å². The Morgan fingerprint density at radius 2 is 2.14 bits per heavy atom. The minimum Gasteiger partial charge on any atom is -0.507 e. The number of hydrogen-bond acceptors (Lipinski definition) is 6. The number of nitrogens with one attached hydrogen (secondary N) is 1. The fourth-order valence-corrected chi connectivity index (χ4v) is 4.85. The highest BCUT2D eigenvalue weighted by Crippen LogP contribution is 2.38. The van der Waals surface area contributed by atoms with Crippen molar-refractivity contribution in [2.24, 2.45) is 0 Å². The smallest absolute Gasteiger partial charge is 0.151 e. The summed E-state index contributed by atoms with van der Waals surface area (Å²) < 4.78 is 1.85. The quantitative estimate of drug-likeness (QED) is 0.713. The number of aromatic hydroxyl groups is 1. The molecule has 150 valence electrons. The van der Waals surface area contributed by atoms with Crippen molar-refractivity contribution < 1.29 is 5.11 Å². The molecule has 2 aliphatic heterocycles. The van der Waals surface area contributed by atoms with Crippen molar-refractivity contribution in [1.82, 2.24) is 25.1 Å². The molecule has 0 aliphatic carbocycles. The normalized spacial score (nSPS) is 25.9. The van der Waals surface area contributed by atoms with Gasteiger partial charge in [0.15, 0.2) is 5.82 Å². The van der Waals surface area contributed by atoms with Crippen LogP contribution in [0.2, 0.25) is 0 Å². The third-order valence-corrected chi connectivity index (χ3v) is 6.46. The molecule has 2 aromatic heterocycles. The summed E-state index contributed by atoms with van der Waals surface area (Å²) in [5, 5.41) is 23.1. The first-order valence-electron chi connectivity index (χ1n) is 10.2. The lowest BCUT2D eigenvalue weighted by Gasteiger charge is -2.41. The van der Waals surface area contributed by atoms with Gasteiger partial charge in [0.2, 0.25) is 0 Å². The Hall–Kier alpha value is -2.93. The van der Waals surface area contributed by atoms with Crippen LogP contribution < -0.4 is 10.2 Å². The Morgan fingerprint density at radius 3 is 2.83 bits per heavy atom. The fraction of sp³-hybridized carbons (Fsp3) is 0.409. The molecule has 3 aromatic rings. The summed E-state index contributed by atoms with van der Waals surface area (Å²) in [6.07, 6.45) is 10.0. The van der Waals surface area contributed by atoms with Crippen molar-refractivity contribution in [2.45, 2.75) is 50.2 Å². The number of phenolic OH excluding ortho intramolecular Hbond substituents is 1. The molecule has 0 radical (unpaired) electrons. The average molecular weight is 390 g/mol. The van der Waals surface area contributed by atoms with Crippen molar-refractivity contribution in [1.29, 1.82) is 0 Å². The number of hydrogen-bond donors (Lipinski definition) is 2. The first kappa shape index (κ1) is 18.1. The maximum absolute atomic E-state index is 10.5. The van der Waals surface area contributed by atoms with Crippen LogP contribution in [0.15, 0.2) is 49.1 Å². The van der Waals surface area contributed by atoms with Crippen LogP contribution in [0, 0.1) is 0 Å². The molecule has 4 heterocycles. The third kappa shape index (κ3) is 3.35. The number of imidazole rings is 1. The maximum atomic E-state index is 10.5. The highest BCUT2D eigenvalue weighted by molar-refractivity contribution is 5.69. The SMILES string of the molecule is CN(c1ccc(-c2ccc(-n3ccnc3)cc2O)nn1)[C@@H]1CC2CC[C@@](C)(C1)N2. The second kappa shape index (κ2) is 6.84. The van der Waals surface area contributed by atoms with Gasteiger partial charge in [-0.25, -0.2) is 4.98 Å². The van der Waals surface area contributed by atoms with Crippen LogP contribution in [0.25, 0.3) is 16.9 Å². The zero-order valence-electron chi connectivity index (χ0n) is 16.8. The second-order valence-electron chi connectivity index (χ2n) is 8.59. The Balaban J connectivity index is 1.35. The Morgan fingerprint density at radius 1 is 1.24 bits per heavy atom. The van der Waals surface area contributed by atoms with Crippen molar-refractivity contribution in [3.05, 3.63) is 49.1 Å². The lowest BCUT2D eigenvalue weighted by Crippen LogP contribution is -2.53. The van der Waals surface area contributed by atoms with Gasteiger partial charge < -0.3 is 19.9 Å². The minimum absolute atomic E-state index is 0.175. The molecular formula is C22H26N6O. The van der Waals surface area contributed by atoms with Gasteiger partial charge in [-0.05, 0) is 56.9 Å². The molecule has 0 saturated carbocycles. The van der Waals surface area contributed by atoms with Gasteiger partial charge in [-0.2, -0.15) is 0 Å². The number of nitrogens with zero attached hydrogens (tertiary/aromatic N) is 5. The van der Waals surface area contributed by atoms with E-state index >= 15 is 0 Å². The summed E-state index contributed by atoms with van der Waals surface area (Å²) in [4.78, 5) is 6.30. The predicted octanol–water partition coefficient (Wildman–Crippen LogP) is 3.14. The summed E-state index contributed by atoms with van der Waals surface area (Å²) in [5.41, 5.74) is 2.43. The van der Waals surface area contributed by atoms with Gasteiger partial charge in [0.1, 0.15) is 5.75 Å². The molecule has 29 heavy (non-hydrogen) atoms. The van der Waals surface area contributed by atoms with Gasteiger partial charge in [-0.3, -0.25) is 0 Å². The van der Waals surface area contributed by atoms with E-state index in [0.29, 0.717) is 23.3 Å². The van der Waals surface area contributed by atoms with Crippen molar-refractivity contribution in [3.63, 3.8) is 0 Å². The highest BCUT2D eigenvalue weighted by Gasteiger charge is 2.43. The maximum Gasteiger partial charge on any atom is 0.151 e. The van der Waals surface area contributed by atoms with Crippen LogP contribution in [0.4, 0.5) is 5.82 Å². The van der Waals surface area contributed by atoms with E-state index in [4.69, 9.17) is 0 Å². The van der Waals surface area contributed by atoms with Crippen LogP contribution in [-0.4, -0.2) is 49.5 Å². The number of fused-ring (bicyclic) bond motifs is 2. The summed E-state index contributed by atoms with van der Waals surface area (Å²) in [5.74, 6) is 1.05. The van der Waals surface area contributed by atoms with Crippen LogP contribution in [0.5, 0.6) is 5.75 Å². The monoisotopic (exact) mass is 390 g/mol. The van der Waals surface area contributed by atoms with E-state index in [-0.39, 0.29) is 11.3 Å². The molecule has 3 atom stereocenters. The first-order valence-corrected chi connectivity index (χ1v) is 10.2. The third-order valence-electron chi connectivity index (χ3n) is 6.46. The van der Waals surface area contributed by atoms with E-state index in [2.05, 4.69) is 39.4 Å². The number of phenols is 1. The van der Waals surface area contributed by atoms with Crippen molar-refractivity contribution >= 4 is 5.82 Å². The lowest BCUT2D eigenvalue weighted by atomic mass is 9.88. The van der Waals surface area contributed by atoms with E-state index in [1.54, 1.807) is 18.6 Å². The van der Waals surface area contributed by atoms with Gasteiger partial charge in [0, 0.05) is 48.7 Å². The van der Waals surface area contributed by atoms with Gasteiger partial charge in [0.25, 0.3) is 0 Å². The van der Waals surface area contributed by atoms with E-state index in [9.17, 15) is 5.11 Å². The molecule has 2 saturated heterocycles. The Kier molecular flexibility index (Phi) is 4.28. The molecule has 2 bridgehead atoms. The van der Waals surface area contributed by atoms with Crippen LogP contribution in [0.1, 0.15) is 32.6 Å². The summed E-state index contributed by atoms with van der Waals surface area (Å²) in [7, 11) is 2.11. The molecule has 1 unspecified atom stereocenters. The zero-order chi connectivity index (χ0) is 20.0. The summed E-state index contributed by atoms with van der Waals surface area (Å²) in [6.45, 7) is 2.33. The molecule has 7 nitrogen and oxygen atoms in total. The van der Waals surface area contributed by atoms with Crippen LogP contribution >= 0.6 is 0 Å². The molecule has 1 aromatic carbocycles. The fourth-order valence-electron chi connectivity index (χ4n) is 4.85. The van der Waals surface area contributed by atoms with Crippen LogP contribution in [0.3, 0.4) is 0 Å². The van der Waals surface area contributed by atoms with Gasteiger partial charge >= 0.3 is 0 Å². The lowest BCUT2D eigenvalue weighted by molar-refractivity contribution is 0.266. The molecular weight excluding hydrogens is 364 g/mol. The molecule has 0 spiro atoms. The number of piperidine rings is 1. The molecule has 2 N–H and O–H groups in total. The van der Waals surface area contributed by atoms with Gasteiger partial charge in [-0.15, -0.1) is 10.2 Å². The number of aromatic nitrogens is 4. The predicted molar refractivity (Wildman–Crippen MR) is 112 cm³/mol. The molecule has 5 rings (SSSR count). The largest absolute Gasteiger partial charge is 0.507 e. The summed E-state index contributed by atoms with van der Waals surface area (Å²) >= 11 is 0. The minimum atomic E-state index is 0.175. The highest BCUT2D eigenvalue weighted by atomic mass is 16.3. The van der Waals surface area contributed by atoms with Gasteiger partial charge in [0.05, 0.1) is 17.7 Å². The molecule has 0 amide bonds. The Bertz CT molecular complexity index is 1000. The molecule has 2 aliphatic rings. The van der Waals surface area contributed by atoms with E-state index in [1.807, 2.05) is 35.0 Å².